The molecule has 3 nitrogen and oxygen atoms in total. The molecule has 0 spiro atoms. The number of nitrogens with zero attached hydrogens (tertiary/aromatic N) is 2. The molecule has 0 radical (unpaired) electrons. The molecule has 1 aromatic rings. The molecule has 1 aliphatic rings. The van der Waals surface area contributed by atoms with E-state index in [1.165, 1.54) is 18.4 Å². The van der Waals surface area contributed by atoms with Crippen molar-refractivity contribution in [2.45, 2.75) is 26.3 Å². The Bertz CT molecular complexity index is 414. The summed E-state index contributed by atoms with van der Waals surface area (Å²) in [4.78, 5) is 2.32. The molecule has 1 heterocycles. The zero-order valence-electron chi connectivity index (χ0n) is 10.4. The van der Waals surface area contributed by atoms with Crippen molar-refractivity contribution in [3.05, 3.63) is 29.3 Å². The number of nitriles is 1. The summed E-state index contributed by atoms with van der Waals surface area (Å²) in [6.45, 7) is 6.05. The van der Waals surface area contributed by atoms with E-state index in [4.69, 9.17) is 0 Å². The van der Waals surface area contributed by atoms with Gasteiger partial charge in [-0.2, -0.15) is 5.26 Å². The number of rotatable bonds is 4. The van der Waals surface area contributed by atoms with Gasteiger partial charge in [-0.05, 0) is 37.1 Å². The van der Waals surface area contributed by atoms with E-state index >= 15 is 0 Å². The Balaban J connectivity index is 2.19. The van der Waals surface area contributed by atoms with E-state index in [0.29, 0.717) is 0 Å². The standard InChI is InChI=1S/C14H19N3/c1-2-16-11-12-5-6-14(13(9-12)10-15)17-7-3-4-8-17/h5-6,9,16H,2-4,7-8,11H2,1H3. The van der Waals surface area contributed by atoms with E-state index in [2.05, 4.69) is 35.3 Å². The molecule has 17 heavy (non-hydrogen) atoms. The van der Waals surface area contributed by atoms with Gasteiger partial charge in [-0.1, -0.05) is 13.0 Å². The number of hydrogen-bond acceptors (Lipinski definition) is 3. The molecule has 90 valence electrons. The average molecular weight is 229 g/mol. The van der Waals surface area contributed by atoms with E-state index in [-0.39, 0.29) is 0 Å². The van der Waals surface area contributed by atoms with Crippen molar-refractivity contribution in [1.29, 1.82) is 5.26 Å². The van der Waals surface area contributed by atoms with Crippen LogP contribution in [-0.2, 0) is 6.54 Å². The fraction of sp³-hybridized carbons (Fsp3) is 0.500. The van der Waals surface area contributed by atoms with Gasteiger partial charge in [-0.3, -0.25) is 0 Å². The Morgan fingerprint density at radius 1 is 1.35 bits per heavy atom. The second-order valence-electron chi connectivity index (χ2n) is 4.44. The smallest absolute Gasteiger partial charge is 0.101 e. The van der Waals surface area contributed by atoms with E-state index < -0.39 is 0 Å². The molecule has 0 atom stereocenters. The Labute approximate surface area is 103 Å². The molecule has 1 aliphatic heterocycles. The Morgan fingerprint density at radius 3 is 2.76 bits per heavy atom. The van der Waals surface area contributed by atoms with E-state index in [1.54, 1.807) is 0 Å². The first-order valence-corrected chi connectivity index (χ1v) is 6.34. The van der Waals surface area contributed by atoms with Crippen molar-refractivity contribution in [1.82, 2.24) is 5.32 Å². The van der Waals surface area contributed by atoms with E-state index in [9.17, 15) is 5.26 Å². The van der Waals surface area contributed by atoms with Crippen molar-refractivity contribution in [3.8, 4) is 6.07 Å². The predicted molar refractivity (Wildman–Crippen MR) is 70.0 cm³/mol. The van der Waals surface area contributed by atoms with Crippen molar-refractivity contribution in [3.63, 3.8) is 0 Å². The van der Waals surface area contributed by atoms with Crippen molar-refractivity contribution in [2.24, 2.45) is 0 Å². The van der Waals surface area contributed by atoms with Crippen LogP contribution in [0, 0.1) is 11.3 Å². The zero-order valence-corrected chi connectivity index (χ0v) is 10.4. The van der Waals surface area contributed by atoms with Gasteiger partial charge in [0.25, 0.3) is 0 Å². The van der Waals surface area contributed by atoms with Gasteiger partial charge in [-0.15, -0.1) is 0 Å². The Kier molecular flexibility index (Phi) is 4.00. The monoisotopic (exact) mass is 229 g/mol. The van der Waals surface area contributed by atoms with Crippen LogP contribution in [0.4, 0.5) is 5.69 Å². The van der Waals surface area contributed by atoms with Crippen LogP contribution in [0.2, 0.25) is 0 Å². The number of anilines is 1. The van der Waals surface area contributed by atoms with Crippen LogP contribution in [0.5, 0.6) is 0 Å². The lowest BCUT2D eigenvalue weighted by atomic mass is 10.1. The topological polar surface area (TPSA) is 39.1 Å². The largest absolute Gasteiger partial charge is 0.370 e. The lowest BCUT2D eigenvalue weighted by Crippen LogP contribution is -2.19. The van der Waals surface area contributed by atoms with Crippen LogP contribution < -0.4 is 10.2 Å². The molecule has 1 aromatic carbocycles. The second kappa shape index (κ2) is 5.70. The molecule has 3 heteroatoms. The molecular formula is C14H19N3. The average Bonchev–Trinajstić information content (AvgIpc) is 2.89. The molecule has 1 fully saturated rings. The van der Waals surface area contributed by atoms with Gasteiger partial charge in [0, 0.05) is 19.6 Å². The van der Waals surface area contributed by atoms with Crippen LogP contribution in [-0.4, -0.2) is 19.6 Å². The molecule has 0 bridgehead atoms. The SMILES string of the molecule is CCNCc1ccc(N2CCCC2)c(C#N)c1. The predicted octanol–water partition coefficient (Wildman–Crippen LogP) is 2.27. The summed E-state index contributed by atoms with van der Waals surface area (Å²) in [7, 11) is 0. The summed E-state index contributed by atoms with van der Waals surface area (Å²) >= 11 is 0. The maximum Gasteiger partial charge on any atom is 0.101 e. The first kappa shape index (κ1) is 11.9. The molecule has 2 rings (SSSR count). The highest BCUT2D eigenvalue weighted by atomic mass is 15.1. The lowest BCUT2D eigenvalue weighted by molar-refractivity contribution is 0.726. The fourth-order valence-corrected chi connectivity index (χ4v) is 2.29. The summed E-state index contributed by atoms with van der Waals surface area (Å²) in [6, 6.07) is 8.55. The highest BCUT2D eigenvalue weighted by molar-refractivity contribution is 5.60. The zero-order chi connectivity index (χ0) is 12.1. The molecule has 0 saturated carbocycles. The van der Waals surface area contributed by atoms with Crippen LogP contribution in [0.15, 0.2) is 18.2 Å². The Hall–Kier alpha value is -1.53. The third-order valence-corrected chi connectivity index (χ3v) is 3.21. The van der Waals surface area contributed by atoms with Gasteiger partial charge in [-0.25, -0.2) is 0 Å². The summed E-state index contributed by atoms with van der Waals surface area (Å²) in [5, 5.41) is 12.5. The van der Waals surface area contributed by atoms with Gasteiger partial charge in [0.05, 0.1) is 11.3 Å². The third-order valence-electron chi connectivity index (χ3n) is 3.21. The van der Waals surface area contributed by atoms with Gasteiger partial charge < -0.3 is 10.2 Å². The number of hydrogen-bond donors (Lipinski definition) is 1. The highest BCUT2D eigenvalue weighted by Gasteiger charge is 2.15. The lowest BCUT2D eigenvalue weighted by Gasteiger charge is -2.19. The van der Waals surface area contributed by atoms with Crippen LogP contribution in [0.3, 0.4) is 0 Å². The van der Waals surface area contributed by atoms with Crippen LogP contribution in [0.1, 0.15) is 30.9 Å². The normalized spacial score (nSPS) is 14.9. The minimum atomic E-state index is 0.808. The highest BCUT2D eigenvalue weighted by Crippen LogP contribution is 2.25. The number of benzene rings is 1. The fourth-order valence-electron chi connectivity index (χ4n) is 2.29. The summed E-state index contributed by atoms with van der Waals surface area (Å²) in [5.74, 6) is 0. The van der Waals surface area contributed by atoms with Gasteiger partial charge in [0.1, 0.15) is 6.07 Å². The first-order valence-electron chi connectivity index (χ1n) is 6.34. The molecule has 1 saturated heterocycles. The maximum atomic E-state index is 9.23. The van der Waals surface area contributed by atoms with Crippen molar-refractivity contribution >= 4 is 5.69 Å². The first-order chi connectivity index (χ1) is 8.35. The molecule has 1 N–H and O–H groups in total. The third kappa shape index (κ3) is 2.78. The molecule has 0 aromatic heterocycles. The number of nitrogens with one attached hydrogen (secondary N) is 1. The van der Waals surface area contributed by atoms with Gasteiger partial charge in [0.15, 0.2) is 0 Å². The second-order valence-corrected chi connectivity index (χ2v) is 4.44. The van der Waals surface area contributed by atoms with Crippen molar-refractivity contribution < 1.29 is 0 Å². The van der Waals surface area contributed by atoms with Gasteiger partial charge in [0.2, 0.25) is 0 Å². The van der Waals surface area contributed by atoms with Crippen molar-refractivity contribution in [2.75, 3.05) is 24.5 Å². The minimum absolute atomic E-state index is 0.808. The molecule has 0 amide bonds. The minimum Gasteiger partial charge on any atom is -0.370 e. The van der Waals surface area contributed by atoms with Gasteiger partial charge >= 0.3 is 0 Å². The van der Waals surface area contributed by atoms with Crippen LogP contribution in [0.25, 0.3) is 0 Å². The summed E-state index contributed by atoms with van der Waals surface area (Å²) < 4.78 is 0. The molecular weight excluding hydrogens is 210 g/mol. The van der Waals surface area contributed by atoms with E-state index in [1.807, 2.05) is 6.07 Å². The summed E-state index contributed by atoms with van der Waals surface area (Å²) in [6.07, 6.45) is 2.48. The molecule has 0 aliphatic carbocycles. The quantitative estimate of drug-likeness (QED) is 0.860. The Morgan fingerprint density at radius 2 is 2.12 bits per heavy atom. The summed E-state index contributed by atoms with van der Waals surface area (Å²) in [5.41, 5.74) is 3.10. The molecule has 0 unspecified atom stereocenters. The van der Waals surface area contributed by atoms with Crippen LogP contribution >= 0.6 is 0 Å². The van der Waals surface area contributed by atoms with E-state index in [0.717, 1.165) is 37.4 Å². The maximum absolute atomic E-state index is 9.23.